The zero-order valence-corrected chi connectivity index (χ0v) is 20.6. The van der Waals surface area contributed by atoms with E-state index in [2.05, 4.69) is 15.9 Å². The van der Waals surface area contributed by atoms with Gasteiger partial charge in [-0.3, -0.25) is 24.5 Å². The molecule has 0 aliphatic carbocycles. The Balaban J connectivity index is 1.39. The van der Waals surface area contributed by atoms with Crippen molar-refractivity contribution in [3.05, 3.63) is 111 Å². The van der Waals surface area contributed by atoms with Crippen molar-refractivity contribution in [3.8, 4) is 11.3 Å². The number of para-hydroxylation sites is 1. The van der Waals surface area contributed by atoms with E-state index in [1.165, 1.54) is 24.3 Å². The summed E-state index contributed by atoms with van der Waals surface area (Å²) >= 11 is 3.43. The minimum Gasteiger partial charge on any atom is -0.459 e. The van der Waals surface area contributed by atoms with Crippen LogP contribution in [0.2, 0.25) is 0 Å². The molecule has 184 valence electrons. The molecule has 0 bridgehead atoms. The maximum absolute atomic E-state index is 13.7. The number of hydrogen-bond acceptors (Lipinski definition) is 7. The number of imide groups is 1. The van der Waals surface area contributed by atoms with Crippen LogP contribution < -0.4 is 9.96 Å². The molecule has 2 saturated heterocycles. The number of anilines is 2. The molecular formula is C27H18BrN3O6. The third kappa shape index (κ3) is 3.90. The average molecular weight is 560 g/mol. The summed E-state index contributed by atoms with van der Waals surface area (Å²) < 4.78 is 7.16. The second kappa shape index (κ2) is 8.99. The zero-order valence-electron chi connectivity index (χ0n) is 19.1. The number of fused-ring (bicyclic) bond motifs is 1. The molecule has 2 fully saturated rings. The average Bonchev–Trinajstić information content (AvgIpc) is 3.60. The van der Waals surface area contributed by atoms with Crippen molar-refractivity contribution in [3.63, 3.8) is 0 Å². The topological polar surface area (TPSA) is 106 Å². The van der Waals surface area contributed by atoms with Crippen molar-refractivity contribution in [1.82, 2.24) is 0 Å². The van der Waals surface area contributed by atoms with Crippen molar-refractivity contribution < 1.29 is 23.8 Å². The second-order valence-corrected chi connectivity index (χ2v) is 9.57. The highest BCUT2D eigenvalue weighted by Gasteiger charge is 2.61. The highest BCUT2D eigenvalue weighted by Crippen LogP contribution is 2.48. The molecule has 2 aliphatic rings. The molecule has 3 aromatic carbocycles. The lowest BCUT2D eigenvalue weighted by atomic mass is 9.94. The third-order valence-electron chi connectivity index (χ3n) is 6.49. The van der Waals surface area contributed by atoms with Crippen LogP contribution in [0.1, 0.15) is 11.8 Å². The number of nitro groups is 1. The van der Waals surface area contributed by atoms with Crippen LogP contribution in [0.25, 0.3) is 11.3 Å². The molecule has 0 saturated carbocycles. The van der Waals surface area contributed by atoms with Crippen LogP contribution in [-0.4, -0.2) is 22.8 Å². The zero-order chi connectivity index (χ0) is 25.7. The maximum atomic E-state index is 13.7. The summed E-state index contributed by atoms with van der Waals surface area (Å²) in [4.78, 5) is 44.8. The van der Waals surface area contributed by atoms with Crippen LogP contribution in [0.4, 0.5) is 17.1 Å². The van der Waals surface area contributed by atoms with Crippen LogP contribution in [0.3, 0.4) is 0 Å². The lowest BCUT2D eigenvalue weighted by Gasteiger charge is -2.27. The summed E-state index contributed by atoms with van der Waals surface area (Å²) in [6, 6.07) is 25.0. The Morgan fingerprint density at radius 3 is 2.19 bits per heavy atom. The predicted molar refractivity (Wildman–Crippen MR) is 137 cm³/mol. The van der Waals surface area contributed by atoms with Crippen molar-refractivity contribution in [2.24, 2.45) is 5.92 Å². The van der Waals surface area contributed by atoms with E-state index < -0.39 is 34.8 Å². The van der Waals surface area contributed by atoms with Crippen LogP contribution >= 0.6 is 15.9 Å². The standard InChI is InChI=1S/C27H18BrN3O6/c28-17-8-6-16(7-9-17)21-14-15-22(36-21)24-23-25(37-30(24)19-4-2-1-3-5-19)27(33)29(26(23)32)18-10-12-20(13-11-18)31(34)35/h1-15,23-25H. The molecule has 3 unspecified atom stereocenters. The summed E-state index contributed by atoms with van der Waals surface area (Å²) in [6.45, 7) is 0. The number of halogens is 1. The highest BCUT2D eigenvalue weighted by atomic mass is 79.9. The number of non-ortho nitro benzene ring substituents is 1. The Hall–Kier alpha value is -4.28. The summed E-state index contributed by atoms with van der Waals surface area (Å²) in [5, 5.41) is 12.6. The molecule has 1 aromatic heterocycles. The van der Waals surface area contributed by atoms with Gasteiger partial charge in [0.05, 0.1) is 16.3 Å². The normalized spacial score (nSPS) is 20.9. The number of hydroxylamine groups is 1. The number of nitro benzene ring substituents is 1. The smallest absolute Gasteiger partial charge is 0.269 e. The summed E-state index contributed by atoms with van der Waals surface area (Å²) in [7, 11) is 0. The number of benzene rings is 3. The Kier molecular flexibility index (Phi) is 5.62. The fourth-order valence-electron chi connectivity index (χ4n) is 4.76. The fraction of sp³-hybridized carbons (Fsp3) is 0.111. The lowest BCUT2D eigenvalue weighted by molar-refractivity contribution is -0.384. The van der Waals surface area contributed by atoms with Gasteiger partial charge in [0.2, 0.25) is 5.91 Å². The van der Waals surface area contributed by atoms with Gasteiger partial charge in [-0.2, -0.15) is 0 Å². The summed E-state index contributed by atoms with van der Waals surface area (Å²) in [5.41, 5.74) is 1.64. The SMILES string of the molecule is O=C1C2ON(c3ccccc3)C(c3ccc(-c4ccc(Br)cc4)o3)C2C(=O)N1c1ccc([N+](=O)[O-])cc1. The number of nitrogens with zero attached hydrogens (tertiary/aromatic N) is 3. The number of rotatable bonds is 5. The van der Waals surface area contributed by atoms with Gasteiger partial charge in [0, 0.05) is 22.2 Å². The highest BCUT2D eigenvalue weighted by molar-refractivity contribution is 9.10. The van der Waals surface area contributed by atoms with E-state index in [4.69, 9.17) is 9.25 Å². The van der Waals surface area contributed by atoms with Gasteiger partial charge in [0.25, 0.3) is 11.6 Å². The summed E-state index contributed by atoms with van der Waals surface area (Å²) in [6.07, 6.45) is -1.07. The molecule has 3 heterocycles. The van der Waals surface area contributed by atoms with Crippen LogP contribution in [0.5, 0.6) is 0 Å². The molecule has 3 atom stereocenters. The number of hydrogen-bond donors (Lipinski definition) is 0. The molecule has 10 heteroatoms. The molecule has 4 aromatic rings. The summed E-state index contributed by atoms with van der Waals surface area (Å²) in [5.74, 6) is -0.795. The first-order valence-corrected chi connectivity index (χ1v) is 12.2. The third-order valence-corrected chi connectivity index (χ3v) is 7.02. The van der Waals surface area contributed by atoms with Gasteiger partial charge in [0.15, 0.2) is 6.10 Å². The van der Waals surface area contributed by atoms with E-state index in [1.54, 1.807) is 11.1 Å². The van der Waals surface area contributed by atoms with E-state index >= 15 is 0 Å². The second-order valence-electron chi connectivity index (χ2n) is 8.65. The predicted octanol–water partition coefficient (Wildman–Crippen LogP) is 5.67. The van der Waals surface area contributed by atoms with Crippen molar-refractivity contribution in [2.75, 3.05) is 9.96 Å². The van der Waals surface area contributed by atoms with Gasteiger partial charge in [0.1, 0.15) is 23.5 Å². The number of carbonyl (C=O) groups excluding carboxylic acids is 2. The van der Waals surface area contributed by atoms with E-state index in [9.17, 15) is 19.7 Å². The van der Waals surface area contributed by atoms with Crippen molar-refractivity contribution in [2.45, 2.75) is 12.1 Å². The Morgan fingerprint density at radius 2 is 1.51 bits per heavy atom. The molecule has 0 N–H and O–H groups in total. The molecular weight excluding hydrogens is 542 g/mol. The van der Waals surface area contributed by atoms with Gasteiger partial charge < -0.3 is 4.42 Å². The molecule has 6 rings (SSSR count). The number of furan rings is 1. The number of amides is 2. The van der Waals surface area contributed by atoms with Crippen LogP contribution in [-0.2, 0) is 14.4 Å². The van der Waals surface area contributed by atoms with Gasteiger partial charge in [-0.25, -0.2) is 9.96 Å². The molecule has 9 nitrogen and oxygen atoms in total. The van der Waals surface area contributed by atoms with Crippen molar-refractivity contribution >= 4 is 44.8 Å². The van der Waals surface area contributed by atoms with Gasteiger partial charge in [-0.05, 0) is 48.5 Å². The van der Waals surface area contributed by atoms with Gasteiger partial charge in [-0.1, -0.05) is 46.3 Å². The molecule has 37 heavy (non-hydrogen) atoms. The van der Waals surface area contributed by atoms with Crippen LogP contribution in [0.15, 0.2) is 99.9 Å². The maximum Gasteiger partial charge on any atom is 0.269 e. The first-order chi connectivity index (χ1) is 17.9. The van der Waals surface area contributed by atoms with E-state index in [1.807, 2.05) is 60.7 Å². The monoisotopic (exact) mass is 559 g/mol. The van der Waals surface area contributed by atoms with E-state index in [-0.39, 0.29) is 11.4 Å². The fourth-order valence-corrected chi connectivity index (χ4v) is 5.03. The quantitative estimate of drug-likeness (QED) is 0.176. The lowest BCUT2D eigenvalue weighted by Crippen LogP contribution is -2.37. The Labute approximate surface area is 219 Å². The van der Waals surface area contributed by atoms with Gasteiger partial charge >= 0.3 is 0 Å². The minimum absolute atomic E-state index is 0.136. The first kappa shape index (κ1) is 23.1. The molecule has 0 radical (unpaired) electrons. The molecule has 0 spiro atoms. The van der Waals surface area contributed by atoms with Crippen molar-refractivity contribution in [1.29, 1.82) is 0 Å². The Morgan fingerprint density at radius 1 is 0.811 bits per heavy atom. The minimum atomic E-state index is -1.07. The van der Waals surface area contributed by atoms with Crippen LogP contribution in [0, 0.1) is 16.0 Å². The first-order valence-electron chi connectivity index (χ1n) is 11.4. The van der Waals surface area contributed by atoms with Gasteiger partial charge in [-0.15, -0.1) is 0 Å². The van der Waals surface area contributed by atoms with E-state index in [0.717, 1.165) is 14.9 Å². The van der Waals surface area contributed by atoms with E-state index in [0.29, 0.717) is 17.2 Å². The largest absolute Gasteiger partial charge is 0.459 e. The number of carbonyl (C=O) groups is 2. The molecule has 2 aliphatic heterocycles. The molecule has 2 amide bonds. The Bertz CT molecular complexity index is 1500.